The molecule has 116 valence electrons. The average molecular weight is 292 g/mol. The van der Waals surface area contributed by atoms with Gasteiger partial charge in [0.05, 0.1) is 11.9 Å². The Morgan fingerprint density at radius 1 is 1.33 bits per heavy atom. The summed E-state index contributed by atoms with van der Waals surface area (Å²) in [5, 5.41) is 3.38. The smallest absolute Gasteiger partial charge is 0.410 e. The Bertz CT molecular complexity index is 491. The molecule has 6 nitrogen and oxygen atoms in total. The van der Waals surface area contributed by atoms with E-state index in [1.54, 1.807) is 17.3 Å². The minimum absolute atomic E-state index is 0.226. The van der Waals surface area contributed by atoms with E-state index in [0.29, 0.717) is 19.1 Å². The van der Waals surface area contributed by atoms with Crippen molar-refractivity contribution < 1.29 is 9.53 Å². The van der Waals surface area contributed by atoms with Crippen molar-refractivity contribution in [2.45, 2.75) is 52.2 Å². The molecule has 0 radical (unpaired) electrons. The summed E-state index contributed by atoms with van der Waals surface area (Å²) in [4.78, 5) is 22.3. The van der Waals surface area contributed by atoms with Gasteiger partial charge in [0.1, 0.15) is 11.4 Å². The zero-order valence-corrected chi connectivity index (χ0v) is 13.2. The Balaban J connectivity index is 1.82. The minimum atomic E-state index is -0.441. The van der Waals surface area contributed by atoms with E-state index in [4.69, 9.17) is 4.74 Å². The summed E-state index contributed by atoms with van der Waals surface area (Å²) in [5.41, 5.74) is 0.453. The van der Waals surface area contributed by atoms with Gasteiger partial charge in [-0.25, -0.2) is 9.78 Å². The van der Waals surface area contributed by atoms with E-state index in [2.05, 4.69) is 15.3 Å². The van der Waals surface area contributed by atoms with Gasteiger partial charge in [-0.05, 0) is 40.5 Å². The van der Waals surface area contributed by atoms with Gasteiger partial charge < -0.3 is 15.0 Å². The second-order valence-corrected chi connectivity index (χ2v) is 6.43. The summed E-state index contributed by atoms with van der Waals surface area (Å²) in [6, 6.07) is 0.319. The Hall–Kier alpha value is -1.85. The molecule has 0 spiro atoms. The molecule has 6 heteroatoms. The number of ether oxygens (including phenoxy) is 1. The maximum absolute atomic E-state index is 12.0. The Morgan fingerprint density at radius 3 is 2.57 bits per heavy atom. The highest BCUT2D eigenvalue weighted by atomic mass is 16.6. The maximum atomic E-state index is 12.0. The quantitative estimate of drug-likeness (QED) is 0.907. The highest BCUT2D eigenvalue weighted by Crippen LogP contribution is 2.17. The predicted octanol–water partition coefficient (Wildman–Crippen LogP) is 2.60. The van der Waals surface area contributed by atoms with Crippen LogP contribution in [0.2, 0.25) is 0 Å². The van der Waals surface area contributed by atoms with Crippen LogP contribution in [-0.4, -0.2) is 45.7 Å². The number of nitrogens with zero attached hydrogens (tertiary/aromatic N) is 3. The Morgan fingerprint density at radius 2 is 2.00 bits per heavy atom. The molecule has 2 rings (SSSR count). The van der Waals surface area contributed by atoms with Crippen molar-refractivity contribution >= 4 is 11.9 Å². The number of anilines is 1. The van der Waals surface area contributed by atoms with Gasteiger partial charge in [-0.3, -0.25) is 4.98 Å². The molecule has 1 saturated heterocycles. The molecule has 1 N–H and O–H groups in total. The maximum Gasteiger partial charge on any atom is 0.410 e. The molecule has 21 heavy (non-hydrogen) atoms. The summed E-state index contributed by atoms with van der Waals surface area (Å²) >= 11 is 0. The molecule has 1 aromatic heterocycles. The van der Waals surface area contributed by atoms with Crippen molar-refractivity contribution in [2.75, 3.05) is 18.4 Å². The second kappa shape index (κ2) is 6.28. The third-order valence-corrected chi connectivity index (χ3v) is 3.25. The van der Waals surface area contributed by atoms with Crippen molar-refractivity contribution in [2.24, 2.45) is 0 Å². The fraction of sp³-hybridized carbons (Fsp3) is 0.667. The number of carbonyl (C=O) groups excluding carboxylic acids is 1. The van der Waals surface area contributed by atoms with Gasteiger partial charge in [-0.1, -0.05) is 0 Å². The number of amides is 1. The van der Waals surface area contributed by atoms with Crippen LogP contribution in [0.25, 0.3) is 0 Å². The standard InChI is InChI=1S/C15H24N4O2/c1-11-9-16-10-13(17-11)18-12-5-7-19(8-6-12)14(20)21-15(2,3)4/h9-10,12H,5-8H2,1-4H3,(H,17,18). The van der Waals surface area contributed by atoms with Gasteiger partial charge in [-0.2, -0.15) is 0 Å². The van der Waals surface area contributed by atoms with Gasteiger partial charge in [0.25, 0.3) is 0 Å². The largest absolute Gasteiger partial charge is 0.444 e. The van der Waals surface area contributed by atoms with Crippen molar-refractivity contribution in [1.29, 1.82) is 0 Å². The SMILES string of the molecule is Cc1cncc(NC2CCN(C(=O)OC(C)(C)C)CC2)n1. The van der Waals surface area contributed by atoms with Crippen LogP contribution in [0.1, 0.15) is 39.3 Å². The van der Waals surface area contributed by atoms with Crippen LogP contribution in [0.4, 0.5) is 10.6 Å². The van der Waals surface area contributed by atoms with Crippen molar-refractivity contribution in [3.05, 3.63) is 18.1 Å². The van der Waals surface area contributed by atoms with Crippen molar-refractivity contribution in [3.63, 3.8) is 0 Å². The van der Waals surface area contributed by atoms with E-state index in [0.717, 1.165) is 24.4 Å². The van der Waals surface area contributed by atoms with Crippen LogP contribution in [-0.2, 0) is 4.74 Å². The molecule has 0 aromatic carbocycles. The molecule has 1 fully saturated rings. The van der Waals surface area contributed by atoms with Gasteiger partial charge in [0, 0.05) is 25.3 Å². The number of aromatic nitrogens is 2. The first-order valence-electron chi connectivity index (χ1n) is 7.36. The van der Waals surface area contributed by atoms with Crippen LogP contribution in [0.15, 0.2) is 12.4 Å². The first kappa shape index (κ1) is 15.5. The number of piperidine rings is 1. The first-order chi connectivity index (χ1) is 9.83. The lowest BCUT2D eigenvalue weighted by Crippen LogP contribution is -2.44. The lowest BCUT2D eigenvalue weighted by Gasteiger charge is -2.33. The van der Waals surface area contributed by atoms with E-state index < -0.39 is 5.60 Å². The molecule has 2 heterocycles. The summed E-state index contributed by atoms with van der Waals surface area (Å²) in [5.74, 6) is 0.797. The third kappa shape index (κ3) is 4.88. The highest BCUT2D eigenvalue weighted by molar-refractivity contribution is 5.68. The number of carbonyl (C=O) groups is 1. The number of hydrogen-bond acceptors (Lipinski definition) is 5. The predicted molar refractivity (Wildman–Crippen MR) is 81.2 cm³/mol. The van der Waals surface area contributed by atoms with E-state index >= 15 is 0 Å². The van der Waals surface area contributed by atoms with Crippen LogP contribution in [0.3, 0.4) is 0 Å². The minimum Gasteiger partial charge on any atom is -0.444 e. The summed E-state index contributed by atoms with van der Waals surface area (Å²) < 4.78 is 5.39. The summed E-state index contributed by atoms with van der Waals surface area (Å²) in [6.07, 6.45) is 5.00. The molecule has 0 aliphatic carbocycles. The van der Waals surface area contributed by atoms with E-state index in [1.807, 2.05) is 27.7 Å². The van der Waals surface area contributed by atoms with Gasteiger partial charge in [0.15, 0.2) is 0 Å². The molecular formula is C15H24N4O2. The van der Waals surface area contributed by atoms with E-state index in [9.17, 15) is 4.79 Å². The monoisotopic (exact) mass is 292 g/mol. The molecule has 0 unspecified atom stereocenters. The van der Waals surface area contributed by atoms with E-state index in [1.165, 1.54) is 0 Å². The Kier molecular flexibility index (Phi) is 4.65. The van der Waals surface area contributed by atoms with Crippen molar-refractivity contribution in [1.82, 2.24) is 14.9 Å². The number of hydrogen-bond donors (Lipinski definition) is 1. The van der Waals surface area contributed by atoms with Crippen LogP contribution < -0.4 is 5.32 Å². The average Bonchev–Trinajstić information content (AvgIpc) is 2.37. The molecule has 0 saturated carbocycles. The summed E-state index contributed by atoms with van der Waals surface area (Å²) in [7, 11) is 0. The zero-order chi connectivity index (χ0) is 15.5. The third-order valence-electron chi connectivity index (χ3n) is 3.25. The molecule has 1 aromatic rings. The van der Waals surface area contributed by atoms with E-state index in [-0.39, 0.29) is 6.09 Å². The topological polar surface area (TPSA) is 67.4 Å². The zero-order valence-electron chi connectivity index (χ0n) is 13.2. The number of nitrogens with one attached hydrogen (secondary N) is 1. The van der Waals surface area contributed by atoms with Crippen LogP contribution in [0, 0.1) is 6.92 Å². The van der Waals surface area contributed by atoms with Gasteiger partial charge in [0.2, 0.25) is 0 Å². The second-order valence-electron chi connectivity index (χ2n) is 6.43. The van der Waals surface area contributed by atoms with Gasteiger partial charge >= 0.3 is 6.09 Å². The first-order valence-corrected chi connectivity index (χ1v) is 7.36. The summed E-state index contributed by atoms with van der Waals surface area (Å²) in [6.45, 7) is 8.97. The van der Waals surface area contributed by atoms with Crippen LogP contribution in [0.5, 0.6) is 0 Å². The number of likely N-dealkylation sites (tertiary alicyclic amines) is 1. The molecule has 1 aliphatic rings. The Labute approximate surface area is 125 Å². The lowest BCUT2D eigenvalue weighted by atomic mass is 10.1. The normalized spacial score (nSPS) is 16.7. The lowest BCUT2D eigenvalue weighted by molar-refractivity contribution is 0.0210. The molecule has 0 atom stereocenters. The fourth-order valence-corrected chi connectivity index (χ4v) is 2.28. The molecule has 1 amide bonds. The molecular weight excluding hydrogens is 268 g/mol. The van der Waals surface area contributed by atoms with Gasteiger partial charge in [-0.15, -0.1) is 0 Å². The number of rotatable bonds is 2. The van der Waals surface area contributed by atoms with Crippen molar-refractivity contribution in [3.8, 4) is 0 Å². The molecule has 1 aliphatic heterocycles. The highest BCUT2D eigenvalue weighted by Gasteiger charge is 2.26. The fourth-order valence-electron chi connectivity index (χ4n) is 2.28. The number of aryl methyl sites for hydroxylation is 1. The van der Waals surface area contributed by atoms with Crippen LogP contribution >= 0.6 is 0 Å². The molecule has 0 bridgehead atoms.